The molecule has 1 saturated heterocycles. The van der Waals surface area contributed by atoms with Crippen molar-refractivity contribution in [1.82, 2.24) is 25.1 Å². The smallest absolute Gasteiger partial charge is 0.191 e. The van der Waals surface area contributed by atoms with Gasteiger partial charge in [-0.3, -0.25) is 9.89 Å². The van der Waals surface area contributed by atoms with Crippen LogP contribution < -0.4 is 10.6 Å². The lowest BCUT2D eigenvalue weighted by Gasteiger charge is -2.35. The van der Waals surface area contributed by atoms with Crippen molar-refractivity contribution in [3.63, 3.8) is 0 Å². The van der Waals surface area contributed by atoms with E-state index in [1.807, 2.05) is 26.4 Å². The first-order valence-electron chi connectivity index (χ1n) is 11.4. The Morgan fingerprint density at radius 3 is 2.59 bits per heavy atom. The van der Waals surface area contributed by atoms with Gasteiger partial charge in [0.15, 0.2) is 5.96 Å². The van der Waals surface area contributed by atoms with E-state index in [2.05, 4.69) is 68.2 Å². The molecule has 178 valence electrons. The number of aliphatic imine (C=N–C) groups is 1. The average molecular weight is 555 g/mol. The molecule has 2 aromatic rings. The monoisotopic (exact) mass is 554 g/mol. The quantitative estimate of drug-likeness (QED) is 0.283. The van der Waals surface area contributed by atoms with E-state index in [0.717, 1.165) is 57.7 Å². The highest BCUT2D eigenvalue weighted by Gasteiger charge is 2.22. The van der Waals surface area contributed by atoms with Crippen LogP contribution in [0.4, 0.5) is 0 Å². The summed E-state index contributed by atoms with van der Waals surface area (Å²) < 4.78 is 7.70. The maximum Gasteiger partial charge on any atom is 0.191 e. The van der Waals surface area contributed by atoms with Crippen LogP contribution in [0.15, 0.2) is 41.7 Å². The summed E-state index contributed by atoms with van der Waals surface area (Å²) in [4.78, 5) is 11.3. The second-order valence-corrected chi connectivity index (χ2v) is 8.66. The average Bonchev–Trinajstić information content (AvgIpc) is 3.18. The number of aromatic nitrogens is 2. The van der Waals surface area contributed by atoms with Crippen LogP contribution in [0.25, 0.3) is 0 Å². The molecule has 1 aliphatic rings. The molecule has 1 aliphatic heterocycles. The third-order valence-electron chi connectivity index (χ3n) is 5.76. The van der Waals surface area contributed by atoms with Gasteiger partial charge >= 0.3 is 0 Å². The topological polar surface area (TPSA) is 66.7 Å². The van der Waals surface area contributed by atoms with Crippen molar-refractivity contribution in [2.75, 3.05) is 39.9 Å². The van der Waals surface area contributed by atoms with Crippen LogP contribution >= 0.6 is 24.0 Å². The number of morpholine rings is 1. The fourth-order valence-corrected chi connectivity index (χ4v) is 4.07. The standard InChI is InChI=1S/C24H38N6O.HI/c1-19(2)14-23(29-10-12-31-13-11-29)17-28-24(25-4)27-16-21-6-5-7-22(15-21)18-30-9-8-26-20(30)3;/h5-9,15,19,23H,10-14,16-18H2,1-4H3,(H2,25,27,28);1H. The van der Waals surface area contributed by atoms with Gasteiger partial charge in [0.05, 0.1) is 13.2 Å². The summed E-state index contributed by atoms with van der Waals surface area (Å²) in [6.07, 6.45) is 5.04. The molecule has 1 aromatic heterocycles. The molecular weight excluding hydrogens is 515 g/mol. The van der Waals surface area contributed by atoms with Crippen molar-refractivity contribution in [1.29, 1.82) is 0 Å². The molecule has 32 heavy (non-hydrogen) atoms. The second kappa shape index (κ2) is 13.8. The van der Waals surface area contributed by atoms with E-state index in [4.69, 9.17) is 4.74 Å². The maximum atomic E-state index is 5.54. The maximum absolute atomic E-state index is 5.54. The van der Waals surface area contributed by atoms with Gasteiger partial charge in [-0.2, -0.15) is 0 Å². The Labute approximate surface area is 210 Å². The van der Waals surface area contributed by atoms with Gasteiger partial charge in [-0.15, -0.1) is 24.0 Å². The fraction of sp³-hybridized carbons (Fsp3) is 0.583. The third-order valence-corrected chi connectivity index (χ3v) is 5.76. The zero-order chi connectivity index (χ0) is 22.1. The van der Waals surface area contributed by atoms with Gasteiger partial charge in [-0.1, -0.05) is 38.1 Å². The predicted molar refractivity (Wildman–Crippen MR) is 142 cm³/mol. The van der Waals surface area contributed by atoms with Gasteiger partial charge in [0, 0.05) is 58.2 Å². The number of hydrogen-bond acceptors (Lipinski definition) is 4. The fourth-order valence-electron chi connectivity index (χ4n) is 4.07. The molecular formula is C24H39IN6O. The zero-order valence-corrected chi connectivity index (χ0v) is 22.2. The summed E-state index contributed by atoms with van der Waals surface area (Å²) in [5, 5.41) is 7.02. The molecule has 0 amide bonds. The summed E-state index contributed by atoms with van der Waals surface area (Å²) in [7, 11) is 1.83. The van der Waals surface area contributed by atoms with E-state index < -0.39 is 0 Å². The minimum absolute atomic E-state index is 0. The lowest BCUT2D eigenvalue weighted by molar-refractivity contribution is 0.0132. The Hall–Kier alpha value is -1.65. The van der Waals surface area contributed by atoms with E-state index in [1.165, 1.54) is 17.5 Å². The van der Waals surface area contributed by atoms with Crippen LogP contribution in [-0.4, -0.2) is 66.3 Å². The molecule has 0 saturated carbocycles. The van der Waals surface area contributed by atoms with Gasteiger partial charge in [0.1, 0.15) is 5.82 Å². The first-order chi connectivity index (χ1) is 15.0. The minimum Gasteiger partial charge on any atom is -0.379 e. The van der Waals surface area contributed by atoms with Crippen LogP contribution in [-0.2, 0) is 17.8 Å². The molecule has 0 spiro atoms. The lowest BCUT2D eigenvalue weighted by atomic mass is 10.0. The van der Waals surface area contributed by atoms with Crippen molar-refractivity contribution < 1.29 is 4.74 Å². The molecule has 8 heteroatoms. The van der Waals surface area contributed by atoms with Crippen molar-refractivity contribution in [2.45, 2.75) is 46.3 Å². The van der Waals surface area contributed by atoms with Crippen molar-refractivity contribution in [2.24, 2.45) is 10.9 Å². The molecule has 1 atom stereocenters. The lowest BCUT2D eigenvalue weighted by Crippen LogP contribution is -2.50. The number of nitrogens with one attached hydrogen (secondary N) is 2. The Balaban J connectivity index is 0.00000363. The number of guanidine groups is 1. The number of imidazole rings is 1. The highest BCUT2D eigenvalue weighted by atomic mass is 127. The minimum atomic E-state index is 0. The normalized spacial score (nSPS) is 16.0. The molecule has 2 heterocycles. The van der Waals surface area contributed by atoms with Crippen LogP contribution in [0.1, 0.15) is 37.2 Å². The summed E-state index contributed by atoms with van der Waals surface area (Å²) in [6, 6.07) is 9.17. The van der Waals surface area contributed by atoms with Crippen LogP contribution in [0.2, 0.25) is 0 Å². The number of ether oxygens (including phenoxy) is 1. The third kappa shape index (κ3) is 8.37. The summed E-state index contributed by atoms with van der Waals surface area (Å²) in [5.41, 5.74) is 2.51. The second-order valence-electron chi connectivity index (χ2n) is 8.66. The van der Waals surface area contributed by atoms with E-state index in [-0.39, 0.29) is 24.0 Å². The molecule has 0 aliphatic carbocycles. The van der Waals surface area contributed by atoms with Crippen molar-refractivity contribution >= 4 is 29.9 Å². The van der Waals surface area contributed by atoms with Crippen molar-refractivity contribution in [3.05, 3.63) is 53.6 Å². The number of rotatable bonds is 9. The van der Waals surface area contributed by atoms with Gasteiger partial charge in [-0.25, -0.2) is 4.98 Å². The Morgan fingerprint density at radius 2 is 1.94 bits per heavy atom. The van der Waals surface area contributed by atoms with Crippen molar-refractivity contribution in [3.8, 4) is 0 Å². The molecule has 7 nitrogen and oxygen atoms in total. The largest absolute Gasteiger partial charge is 0.379 e. The predicted octanol–water partition coefficient (Wildman–Crippen LogP) is 3.27. The highest BCUT2D eigenvalue weighted by Crippen LogP contribution is 2.13. The zero-order valence-electron chi connectivity index (χ0n) is 19.9. The van der Waals surface area contributed by atoms with Gasteiger partial charge in [0.2, 0.25) is 0 Å². The van der Waals surface area contributed by atoms with E-state index in [9.17, 15) is 0 Å². The number of hydrogen-bond donors (Lipinski definition) is 2. The molecule has 3 rings (SSSR count). The van der Waals surface area contributed by atoms with Crippen LogP contribution in [0.5, 0.6) is 0 Å². The SMILES string of the molecule is CN=C(NCc1cccc(Cn2ccnc2C)c1)NCC(CC(C)C)N1CCOCC1.I. The van der Waals surface area contributed by atoms with Gasteiger partial charge in [0.25, 0.3) is 0 Å². The summed E-state index contributed by atoms with van der Waals surface area (Å²) in [6.45, 7) is 12.8. The summed E-state index contributed by atoms with van der Waals surface area (Å²) >= 11 is 0. The Kier molecular flexibility index (Phi) is 11.5. The number of benzene rings is 1. The number of halogens is 1. The van der Waals surface area contributed by atoms with E-state index in [0.29, 0.717) is 12.0 Å². The first kappa shape index (κ1) is 26.6. The number of aryl methyl sites for hydroxylation is 1. The van der Waals surface area contributed by atoms with E-state index in [1.54, 1.807) is 0 Å². The molecule has 1 fully saturated rings. The Morgan fingerprint density at radius 1 is 1.19 bits per heavy atom. The molecule has 1 aromatic carbocycles. The molecule has 0 radical (unpaired) electrons. The Bertz CT molecular complexity index is 831. The van der Waals surface area contributed by atoms with Gasteiger partial charge < -0.3 is 19.9 Å². The van der Waals surface area contributed by atoms with Crippen LogP contribution in [0.3, 0.4) is 0 Å². The molecule has 2 N–H and O–H groups in total. The molecule has 1 unspecified atom stereocenters. The number of nitrogens with zero attached hydrogens (tertiary/aromatic N) is 4. The summed E-state index contributed by atoms with van der Waals surface area (Å²) in [5.74, 6) is 2.54. The highest BCUT2D eigenvalue weighted by molar-refractivity contribution is 14.0. The first-order valence-corrected chi connectivity index (χ1v) is 11.4. The van der Waals surface area contributed by atoms with Gasteiger partial charge in [-0.05, 0) is 30.4 Å². The molecule has 0 bridgehead atoms. The van der Waals surface area contributed by atoms with Crippen LogP contribution in [0, 0.1) is 12.8 Å². The van der Waals surface area contributed by atoms with E-state index >= 15 is 0 Å².